The number of nitrogens with one attached hydrogen (secondary N) is 1. The lowest BCUT2D eigenvalue weighted by molar-refractivity contribution is 0.386. The van der Waals surface area contributed by atoms with Gasteiger partial charge in [0, 0.05) is 10.4 Å². The summed E-state index contributed by atoms with van der Waals surface area (Å²) in [6, 6.07) is 4.61. The van der Waals surface area contributed by atoms with Crippen LogP contribution in [0.5, 0.6) is 5.75 Å². The molecule has 0 aliphatic rings. The highest BCUT2D eigenvalue weighted by molar-refractivity contribution is 7.09. The predicted molar refractivity (Wildman–Crippen MR) is 61.6 cm³/mol. The van der Waals surface area contributed by atoms with Crippen molar-refractivity contribution in [1.29, 1.82) is 0 Å². The van der Waals surface area contributed by atoms with Crippen molar-refractivity contribution >= 4 is 11.3 Å². The molecule has 1 aromatic heterocycles. The Balaban J connectivity index is 2.53. The van der Waals surface area contributed by atoms with E-state index in [1.165, 1.54) is 13.2 Å². The van der Waals surface area contributed by atoms with Crippen molar-refractivity contribution in [3.05, 3.63) is 38.6 Å². The minimum Gasteiger partial charge on any atom is -0.494 e. The Morgan fingerprint density at radius 1 is 1.44 bits per heavy atom. The van der Waals surface area contributed by atoms with Crippen LogP contribution in [0.3, 0.4) is 0 Å². The number of hydrogen-bond donors (Lipinski definition) is 1. The molecule has 0 fully saturated rings. The van der Waals surface area contributed by atoms with Crippen molar-refractivity contribution < 1.29 is 9.13 Å². The molecule has 0 amide bonds. The van der Waals surface area contributed by atoms with Gasteiger partial charge < -0.3 is 9.72 Å². The maximum absolute atomic E-state index is 13.5. The van der Waals surface area contributed by atoms with Crippen molar-refractivity contribution in [1.82, 2.24) is 4.98 Å². The third kappa shape index (κ3) is 1.86. The minimum absolute atomic E-state index is 0.135. The van der Waals surface area contributed by atoms with Crippen molar-refractivity contribution in [2.45, 2.75) is 6.92 Å². The van der Waals surface area contributed by atoms with Gasteiger partial charge in [-0.05, 0) is 25.1 Å². The van der Waals surface area contributed by atoms with Gasteiger partial charge in [0.25, 0.3) is 0 Å². The van der Waals surface area contributed by atoms with Gasteiger partial charge in [-0.15, -0.1) is 0 Å². The highest BCUT2D eigenvalue weighted by Gasteiger charge is 2.09. The van der Waals surface area contributed by atoms with E-state index >= 15 is 0 Å². The number of rotatable bonds is 2. The molecule has 3 nitrogen and oxygen atoms in total. The molecule has 16 heavy (non-hydrogen) atoms. The van der Waals surface area contributed by atoms with Crippen LogP contribution in [0.4, 0.5) is 4.39 Å². The lowest BCUT2D eigenvalue weighted by atomic mass is 10.1. The first-order valence-corrected chi connectivity index (χ1v) is 5.47. The molecule has 0 spiro atoms. The molecule has 0 bridgehead atoms. The Morgan fingerprint density at radius 2 is 2.19 bits per heavy atom. The van der Waals surface area contributed by atoms with Crippen LogP contribution >= 0.6 is 11.3 Å². The number of H-pyrrole nitrogens is 1. The molecule has 1 heterocycles. The summed E-state index contributed by atoms with van der Waals surface area (Å²) in [4.78, 5) is 14.5. The van der Waals surface area contributed by atoms with E-state index in [9.17, 15) is 9.18 Å². The van der Waals surface area contributed by atoms with E-state index in [0.717, 1.165) is 16.2 Å². The molecule has 2 rings (SSSR count). The van der Waals surface area contributed by atoms with Crippen LogP contribution in [0.25, 0.3) is 11.3 Å². The van der Waals surface area contributed by atoms with E-state index in [1.807, 2.05) is 6.92 Å². The Bertz CT molecular complexity index is 574. The topological polar surface area (TPSA) is 42.1 Å². The number of halogens is 1. The molecule has 0 radical (unpaired) electrons. The second kappa shape index (κ2) is 4.09. The standard InChI is InChI=1S/C11H10FNO2S/c1-6-10(13-11(14)16-6)7-3-4-9(15-2)8(12)5-7/h3-5H,1-2H3,(H,13,14). The maximum atomic E-state index is 13.5. The molecular formula is C11H10FNO2S. The smallest absolute Gasteiger partial charge is 0.305 e. The Kier molecular flexibility index (Phi) is 2.78. The van der Waals surface area contributed by atoms with Crippen molar-refractivity contribution in [3.63, 3.8) is 0 Å². The fourth-order valence-corrected chi connectivity index (χ4v) is 2.21. The second-order valence-corrected chi connectivity index (χ2v) is 4.48. The fraction of sp³-hybridized carbons (Fsp3) is 0.182. The third-order valence-corrected chi connectivity index (χ3v) is 3.06. The maximum Gasteiger partial charge on any atom is 0.305 e. The zero-order valence-corrected chi connectivity index (χ0v) is 9.65. The summed E-state index contributed by atoms with van der Waals surface area (Å²) in [5, 5.41) is 0. The van der Waals surface area contributed by atoms with Gasteiger partial charge in [0.2, 0.25) is 0 Å². The summed E-state index contributed by atoms with van der Waals surface area (Å²) < 4.78 is 18.3. The van der Waals surface area contributed by atoms with Gasteiger partial charge in [0.1, 0.15) is 0 Å². The quantitative estimate of drug-likeness (QED) is 0.875. The van der Waals surface area contributed by atoms with Gasteiger partial charge in [0.15, 0.2) is 11.6 Å². The van der Waals surface area contributed by atoms with E-state index < -0.39 is 5.82 Å². The van der Waals surface area contributed by atoms with Gasteiger partial charge >= 0.3 is 4.87 Å². The molecule has 1 aromatic carbocycles. The van der Waals surface area contributed by atoms with Gasteiger partial charge in [-0.25, -0.2) is 4.39 Å². The third-order valence-electron chi connectivity index (χ3n) is 2.27. The van der Waals surface area contributed by atoms with Gasteiger partial charge in [-0.2, -0.15) is 0 Å². The van der Waals surface area contributed by atoms with Crippen LogP contribution in [-0.4, -0.2) is 12.1 Å². The number of aryl methyl sites for hydroxylation is 1. The van der Waals surface area contributed by atoms with Crippen molar-refractivity contribution in [2.75, 3.05) is 7.11 Å². The van der Waals surface area contributed by atoms with Crippen LogP contribution in [0, 0.1) is 12.7 Å². The first-order chi connectivity index (χ1) is 7.61. The lowest BCUT2D eigenvalue weighted by Gasteiger charge is -2.04. The number of thiazole rings is 1. The molecule has 0 aliphatic heterocycles. The molecule has 2 aromatic rings. The minimum atomic E-state index is -0.438. The van der Waals surface area contributed by atoms with Crippen molar-refractivity contribution in [2.24, 2.45) is 0 Å². The molecule has 0 saturated heterocycles. The molecule has 1 N–H and O–H groups in total. The average molecular weight is 239 g/mol. The van der Waals surface area contributed by atoms with Crippen molar-refractivity contribution in [3.8, 4) is 17.0 Å². The van der Waals surface area contributed by atoms with Gasteiger partial charge in [-0.3, -0.25) is 4.79 Å². The Morgan fingerprint density at radius 3 is 2.69 bits per heavy atom. The molecule has 5 heteroatoms. The summed E-state index contributed by atoms with van der Waals surface area (Å²) in [7, 11) is 1.41. The first-order valence-electron chi connectivity index (χ1n) is 4.65. The van der Waals surface area contributed by atoms with E-state index in [1.54, 1.807) is 12.1 Å². The first kappa shape index (κ1) is 10.9. The van der Waals surface area contributed by atoms with Gasteiger partial charge in [-0.1, -0.05) is 11.3 Å². The molecule has 0 saturated carbocycles. The number of ether oxygens (including phenoxy) is 1. The van der Waals surface area contributed by atoms with Crippen LogP contribution < -0.4 is 9.61 Å². The number of benzene rings is 1. The molecule has 0 aliphatic carbocycles. The number of methoxy groups -OCH3 is 1. The summed E-state index contributed by atoms with van der Waals surface area (Å²) in [6.07, 6.45) is 0. The summed E-state index contributed by atoms with van der Waals surface area (Å²) >= 11 is 1.12. The SMILES string of the molecule is COc1ccc(-c2[nH]c(=O)sc2C)cc1F. The summed E-state index contributed by atoms with van der Waals surface area (Å²) in [5.41, 5.74) is 1.31. The summed E-state index contributed by atoms with van der Waals surface area (Å²) in [6.45, 7) is 1.82. The molecular weight excluding hydrogens is 229 g/mol. The fourth-order valence-electron chi connectivity index (χ4n) is 1.50. The normalized spacial score (nSPS) is 10.4. The Labute approximate surface area is 95.5 Å². The number of hydrogen-bond acceptors (Lipinski definition) is 3. The molecule has 84 valence electrons. The van der Waals surface area contributed by atoms with E-state index in [2.05, 4.69) is 4.98 Å². The summed E-state index contributed by atoms with van der Waals surface area (Å²) in [5.74, 6) is -0.245. The highest BCUT2D eigenvalue weighted by Crippen LogP contribution is 2.26. The van der Waals surface area contributed by atoms with E-state index in [4.69, 9.17) is 4.74 Å². The second-order valence-electron chi connectivity index (χ2n) is 3.30. The molecule has 0 atom stereocenters. The van der Waals surface area contributed by atoms with Crippen LogP contribution in [0.15, 0.2) is 23.0 Å². The van der Waals surface area contributed by atoms with Crippen LogP contribution in [0.1, 0.15) is 4.88 Å². The largest absolute Gasteiger partial charge is 0.494 e. The zero-order valence-electron chi connectivity index (χ0n) is 8.83. The van der Waals surface area contributed by atoms with E-state index in [-0.39, 0.29) is 10.6 Å². The highest BCUT2D eigenvalue weighted by atomic mass is 32.1. The number of aromatic amines is 1. The zero-order chi connectivity index (χ0) is 11.7. The van der Waals surface area contributed by atoms with Crippen LogP contribution in [-0.2, 0) is 0 Å². The van der Waals surface area contributed by atoms with Gasteiger partial charge in [0.05, 0.1) is 12.8 Å². The average Bonchev–Trinajstić information content (AvgIpc) is 2.58. The molecule has 0 unspecified atom stereocenters. The predicted octanol–water partition coefficient (Wildman–Crippen LogP) is 2.56. The monoisotopic (exact) mass is 239 g/mol. The Hall–Kier alpha value is -1.62. The van der Waals surface area contributed by atoms with E-state index in [0.29, 0.717) is 11.3 Å². The number of aromatic nitrogens is 1. The van der Waals surface area contributed by atoms with Crippen LogP contribution in [0.2, 0.25) is 0 Å². The lowest BCUT2D eigenvalue weighted by Crippen LogP contribution is -1.93.